The van der Waals surface area contributed by atoms with Gasteiger partial charge >= 0.3 is 0 Å². The molecule has 4 heterocycles. The number of rotatable bonds is 22. The highest BCUT2D eigenvalue weighted by atomic mass is 19.1. The first-order valence-corrected chi connectivity index (χ1v) is 22.5. The van der Waals surface area contributed by atoms with Gasteiger partial charge in [0.05, 0.1) is 57.0 Å². The Morgan fingerprint density at radius 2 is 1.66 bits per heavy atom. The first-order chi connectivity index (χ1) is 31.6. The van der Waals surface area contributed by atoms with Gasteiger partial charge < -0.3 is 39.8 Å². The molecule has 0 radical (unpaired) electrons. The number of carbonyl (C=O) groups is 2. The number of ether oxygens (including phenoxy) is 4. The number of amides is 2. The van der Waals surface area contributed by atoms with Crippen LogP contribution in [0, 0.1) is 5.82 Å². The van der Waals surface area contributed by atoms with Crippen molar-refractivity contribution in [2.45, 2.75) is 57.2 Å². The Morgan fingerprint density at radius 3 is 2.45 bits per heavy atom. The molecule has 3 N–H and O–H groups in total. The highest BCUT2D eigenvalue weighted by Crippen LogP contribution is 2.40. The minimum absolute atomic E-state index is 0.0728. The second-order valence-electron chi connectivity index (χ2n) is 17.4. The van der Waals surface area contributed by atoms with Crippen LogP contribution in [0.3, 0.4) is 0 Å². The second kappa shape index (κ2) is 23.0. The highest BCUT2D eigenvalue weighted by molar-refractivity contribution is 5.97. The summed E-state index contributed by atoms with van der Waals surface area (Å²) in [5.74, 6) is 0.265. The number of hydrogen-bond donors (Lipinski definition) is 3. The molecule has 3 atom stereocenters. The lowest BCUT2D eigenvalue weighted by atomic mass is 9.91. The summed E-state index contributed by atoms with van der Waals surface area (Å²) in [4.78, 5) is 40.5. The average Bonchev–Trinajstić information content (AvgIpc) is 3.58. The molecule has 14 heteroatoms. The smallest absolute Gasteiger partial charge is 0.241 e. The normalized spacial score (nSPS) is 17.4. The number of methoxy groups -OCH3 is 1. The van der Waals surface area contributed by atoms with Crippen molar-refractivity contribution < 1.29 is 32.9 Å². The van der Waals surface area contributed by atoms with Crippen LogP contribution in [0.15, 0.2) is 110 Å². The summed E-state index contributed by atoms with van der Waals surface area (Å²) in [7, 11) is 1.70. The zero-order chi connectivity index (χ0) is 45.6. The van der Waals surface area contributed by atoms with Gasteiger partial charge in [-0.05, 0) is 89.7 Å². The third kappa shape index (κ3) is 13.2. The third-order valence-electron chi connectivity index (χ3n) is 11.8. The molecule has 13 nitrogen and oxygen atoms in total. The van der Waals surface area contributed by atoms with Crippen LogP contribution < -0.4 is 25.6 Å². The predicted octanol–water partition coefficient (Wildman–Crippen LogP) is 6.06. The quantitative estimate of drug-likeness (QED) is 0.0700. The SMILES string of the molecule is COC[C@H]1CN[C@H](C)CN1CC(=O)N1CC(C)(C)c2ncc(Cc3ccccc3OCCOCCOCCN[C@H](Cc3cccc(F)c3)C(=O)Nc3ccc(-c4ccncc4)cc3)cc21. The molecule has 3 aromatic carbocycles. The number of nitrogens with one attached hydrogen (secondary N) is 3. The molecule has 2 amide bonds. The van der Waals surface area contributed by atoms with Gasteiger partial charge in [0.15, 0.2) is 0 Å². The number of hydrogen-bond acceptors (Lipinski definition) is 11. The van der Waals surface area contributed by atoms with Gasteiger partial charge in [0.1, 0.15) is 18.2 Å². The van der Waals surface area contributed by atoms with E-state index in [9.17, 15) is 14.0 Å². The van der Waals surface area contributed by atoms with E-state index in [0.717, 1.165) is 52.5 Å². The zero-order valence-corrected chi connectivity index (χ0v) is 37.9. The molecule has 0 bridgehead atoms. The van der Waals surface area contributed by atoms with Crippen molar-refractivity contribution in [3.8, 4) is 16.9 Å². The van der Waals surface area contributed by atoms with E-state index in [0.29, 0.717) is 89.4 Å². The van der Waals surface area contributed by atoms with Gasteiger partial charge in [-0.3, -0.25) is 24.5 Å². The minimum atomic E-state index is -0.618. The lowest BCUT2D eigenvalue weighted by Crippen LogP contribution is -2.59. The van der Waals surface area contributed by atoms with E-state index in [-0.39, 0.29) is 29.1 Å². The van der Waals surface area contributed by atoms with Gasteiger partial charge in [-0.25, -0.2) is 4.39 Å². The van der Waals surface area contributed by atoms with E-state index in [4.69, 9.17) is 23.9 Å². The molecule has 0 spiro atoms. The topological polar surface area (TPSA) is 139 Å². The molecule has 344 valence electrons. The molecule has 0 unspecified atom stereocenters. The van der Waals surface area contributed by atoms with Crippen molar-refractivity contribution in [2.24, 2.45) is 0 Å². The van der Waals surface area contributed by atoms with Gasteiger partial charge in [-0.15, -0.1) is 0 Å². The summed E-state index contributed by atoms with van der Waals surface area (Å²) in [6, 6.07) is 27.6. The van der Waals surface area contributed by atoms with E-state index in [1.54, 1.807) is 25.6 Å². The first-order valence-electron chi connectivity index (χ1n) is 22.5. The third-order valence-corrected chi connectivity index (χ3v) is 11.8. The number of aromatic nitrogens is 2. The molecule has 5 aromatic rings. The van der Waals surface area contributed by atoms with Crippen LogP contribution in [0.4, 0.5) is 15.8 Å². The Labute approximate surface area is 382 Å². The standard InChI is InChI=1S/C51H62FN7O6/c1-36-32-58(44(31-55-36)34-62-4)33-48(60)59-35-51(2,3)49-46(59)29-38(30-56-49)26-41-9-5-6-11-47(41)65-25-24-64-23-22-63-21-20-54-45(28-37-8-7-10-42(52)27-37)50(61)57-43-14-12-39(13-15-43)40-16-18-53-19-17-40/h5-19,27,29-30,36,44-45,54-55H,20-26,28,31-35H2,1-4H3,(H,57,61)/t36-,44-,45-/m1/s1. The molecule has 1 saturated heterocycles. The van der Waals surface area contributed by atoms with Crippen LogP contribution >= 0.6 is 0 Å². The fraction of sp³-hybridized carbons (Fsp3) is 0.412. The summed E-state index contributed by atoms with van der Waals surface area (Å²) in [6.45, 7) is 11.7. The maximum absolute atomic E-state index is 14.0. The number of anilines is 2. The molecule has 7 rings (SSSR count). The zero-order valence-electron chi connectivity index (χ0n) is 37.9. The number of nitrogens with zero attached hydrogens (tertiary/aromatic N) is 4. The Bertz CT molecular complexity index is 2320. The minimum Gasteiger partial charge on any atom is -0.491 e. The lowest BCUT2D eigenvalue weighted by molar-refractivity contribution is -0.121. The van der Waals surface area contributed by atoms with E-state index >= 15 is 0 Å². The number of carbonyl (C=O) groups excluding carboxylic acids is 2. The van der Waals surface area contributed by atoms with Crippen molar-refractivity contribution in [1.82, 2.24) is 25.5 Å². The Morgan fingerprint density at radius 1 is 0.908 bits per heavy atom. The van der Waals surface area contributed by atoms with Gasteiger partial charge in [0.2, 0.25) is 11.8 Å². The number of piperazine rings is 1. The summed E-state index contributed by atoms with van der Waals surface area (Å²) in [6.07, 6.45) is 6.30. The van der Waals surface area contributed by atoms with Gasteiger partial charge in [0.25, 0.3) is 0 Å². The lowest BCUT2D eigenvalue weighted by Gasteiger charge is -2.39. The summed E-state index contributed by atoms with van der Waals surface area (Å²) in [5.41, 5.74) is 6.98. The first kappa shape index (κ1) is 47.4. The Balaban J connectivity index is 0.845. The monoisotopic (exact) mass is 887 g/mol. The number of fused-ring (bicyclic) bond motifs is 1. The summed E-state index contributed by atoms with van der Waals surface area (Å²) >= 11 is 0. The molecular formula is C51H62FN7O6. The molecular weight excluding hydrogens is 826 g/mol. The van der Waals surface area contributed by atoms with E-state index in [1.165, 1.54) is 12.1 Å². The maximum atomic E-state index is 14.0. The van der Waals surface area contributed by atoms with Gasteiger partial charge in [0, 0.05) is 81.5 Å². The van der Waals surface area contributed by atoms with Crippen molar-refractivity contribution in [2.75, 3.05) is 89.7 Å². The maximum Gasteiger partial charge on any atom is 0.241 e. The van der Waals surface area contributed by atoms with Crippen molar-refractivity contribution in [3.63, 3.8) is 0 Å². The van der Waals surface area contributed by atoms with Crippen LogP contribution in [-0.4, -0.2) is 124 Å². The number of para-hydroxylation sites is 1. The van der Waals surface area contributed by atoms with Crippen LogP contribution in [0.5, 0.6) is 5.75 Å². The fourth-order valence-corrected chi connectivity index (χ4v) is 8.46. The molecule has 65 heavy (non-hydrogen) atoms. The molecule has 2 aliphatic rings. The van der Waals surface area contributed by atoms with Crippen LogP contribution in [0.2, 0.25) is 0 Å². The Hall–Kier alpha value is -5.61. The molecule has 2 aliphatic heterocycles. The molecule has 2 aromatic heterocycles. The largest absolute Gasteiger partial charge is 0.491 e. The average molecular weight is 888 g/mol. The second-order valence-corrected chi connectivity index (χ2v) is 17.4. The summed E-state index contributed by atoms with van der Waals surface area (Å²) in [5, 5.41) is 9.79. The highest BCUT2D eigenvalue weighted by Gasteiger charge is 2.40. The van der Waals surface area contributed by atoms with E-state index < -0.39 is 6.04 Å². The van der Waals surface area contributed by atoms with Crippen LogP contribution in [-0.2, 0) is 42.1 Å². The summed E-state index contributed by atoms with van der Waals surface area (Å²) < 4.78 is 37.3. The van der Waals surface area contributed by atoms with Gasteiger partial charge in [-0.2, -0.15) is 0 Å². The van der Waals surface area contributed by atoms with Crippen molar-refractivity contribution in [1.29, 1.82) is 0 Å². The van der Waals surface area contributed by atoms with E-state index in [2.05, 4.69) is 52.7 Å². The number of pyridine rings is 2. The van der Waals surface area contributed by atoms with Crippen molar-refractivity contribution >= 4 is 23.2 Å². The van der Waals surface area contributed by atoms with Crippen molar-refractivity contribution in [3.05, 3.63) is 138 Å². The molecule has 0 saturated carbocycles. The van der Waals surface area contributed by atoms with Crippen LogP contribution in [0.1, 0.15) is 43.2 Å². The van der Waals surface area contributed by atoms with E-state index in [1.807, 2.05) is 77.8 Å². The van der Waals surface area contributed by atoms with Crippen LogP contribution in [0.25, 0.3) is 11.1 Å². The predicted molar refractivity (Wildman–Crippen MR) is 251 cm³/mol. The fourth-order valence-electron chi connectivity index (χ4n) is 8.46. The molecule has 1 fully saturated rings. The molecule has 0 aliphatic carbocycles. The number of benzene rings is 3. The van der Waals surface area contributed by atoms with Gasteiger partial charge in [-0.1, -0.05) is 56.3 Å². The Kier molecular flexibility index (Phi) is 16.8. The number of halogens is 1.